The number of aryl methyl sites for hydroxylation is 1. The van der Waals surface area contributed by atoms with Gasteiger partial charge < -0.3 is 14.8 Å². The van der Waals surface area contributed by atoms with Crippen molar-refractivity contribution in [2.24, 2.45) is 0 Å². The van der Waals surface area contributed by atoms with Crippen LogP contribution >= 0.6 is 0 Å². The average Bonchev–Trinajstić information content (AvgIpc) is 3.35. The second-order valence-electron chi connectivity index (χ2n) is 5.90. The highest BCUT2D eigenvalue weighted by molar-refractivity contribution is 5.71. The van der Waals surface area contributed by atoms with Gasteiger partial charge in [0.25, 0.3) is 5.56 Å². The minimum absolute atomic E-state index is 0.0937. The molecule has 3 rings (SSSR count). The highest BCUT2D eigenvalue weighted by Gasteiger charge is 2.25. The Morgan fingerprint density at radius 2 is 2.20 bits per heavy atom. The fraction of sp³-hybridized carbons (Fsp3) is 0.278. The molecule has 0 amide bonds. The third-order valence-corrected chi connectivity index (χ3v) is 3.80. The maximum atomic E-state index is 14.4. The molecule has 2 aromatic rings. The smallest absolute Gasteiger partial charge is 0.308 e. The molecule has 0 saturated heterocycles. The molecule has 0 bridgehead atoms. The molecule has 1 saturated carbocycles. The fourth-order valence-electron chi connectivity index (χ4n) is 2.35. The van der Waals surface area contributed by atoms with E-state index in [1.165, 1.54) is 12.2 Å². The van der Waals surface area contributed by atoms with Gasteiger partial charge in [-0.1, -0.05) is 12.1 Å². The number of carboxylic acids is 1. The summed E-state index contributed by atoms with van der Waals surface area (Å²) < 4.78 is 19.9. The van der Waals surface area contributed by atoms with Crippen molar-refractivity contribution < 1.29 is 19.0 Å². The molecule has 0 atom stereocenters. The SMILES string of the molecule is Cc1nc(/C=C/c2cccc(OC3CC3)c2F)[nH]c(=O)c1CC(=O)O. The standard InChI is InChI=1S/C18H17FN2O4/c1-10-13(9-16(22)23)18(24)21-15(20-10)8-5-11-3-2-4-14(17(11)19)25-12-6-7-12/h2-5,8,12H,6-7,9H2,1H3,(H,22,23)(H,20,21,24)/b8-5+. The lowest BCUT2D eigenvalue weighted by molar-refractivity contribution is -0.136. The number of hydrogen-bond donors (Lipinski definition) is 2. The van der Waals surface area contributed by atoms with E-state index in [-0.39, 0.29) is 23.2 Å². The summed E-state index contributed by atoms with van der Waals surface area (Å²) in [5.41, 5.74) is 0.238. The van der Waals surface area contributed by atoms with Crippen molar-refractivity contribution in [1.29, 1.82) is 0 Å². The van der Waals surface area contributed by atoms with E-state index in [0.717, 1.165) is 12.8 Å². The topological polar surface area (TPSA) is 92.3 Å². The van der Waals surface area contributed by atoms with Crippen LogP contribution in [0, 0.1) is 12.7 Å². The zero-order chi connectivity index (χ0) is 18.0. The van der Waals surface area contributed by atoms with Gasteiger partial charge in [-0.2, -0.15) is 0 Å². The molecule has 1 fully saturated rings. The van der Waals surface area contributed by atoms with E-state index in [4.69, 9.17) is 9.84 Å². The maximum Gasteiger partial charge on any atom is 0.308 e. The van der Waals surface area contributed by atoms with Crippen LogP contribution in [0.3, 0.4) is 0 Å². The van der Waals surface area contributed by atoms with Crippen LogP contribution in [-0.2, 0) is 11.2 Å². The van der Waals surface area contributed by atoms with Crippen LogP contribution in [0.4, 0.5) is 4.39 Å². The first-order chi connectivity index (χ1) is 11.9. The minimum Gasteiger partial charge on any atom is -0.487 e. The van der Waals surface area contributed by atoms with Gasteiger partial charge in [0.2, 0.25) is 0 Å². The number of benzene rings is 1. The third-order valence-electron chi connectivity index (χ3n) is 3.80. The quantitative estimate of drug-likeness (QED) is 0.840. The molecule has 2 N–H and O–H groups in total. The average molecular weight is 344 g/mol. The molecule has 1 aromatic carbocycles. The molecular formula is C18H17FN2O4. The van der Waals surface area contributed by atoms with Crippen LogP contribution in [0.5, 0.6) is 5.75 Å². The molecule has 25 heavy (non-hydrogen) atoms. The van der Waals surface area contributed by atoms with E-state index in [1.54, 1.807) is 25.1 Å². The summed E-state index contributed by atoms with van der Waals surface area (Å²) in [5, 5.41) is 8.81. The second-order valence-corrected chi connectivity index (χ2v) is 5.90. The van der Waals surface area contributed by atoms with Gasteiger partial charge in [0.1, 0.15) is 5.82 Å². The molecule has 0 spiro atoms. The fourth-order valence-corrected chi connectivity index (χ4v) is 2.35. The Balaban J connectivity index is 1.84. The monoisotopic (exact) mass is 344 g/mol. The number of carboxylic acid groups (broad SMARTS) is 1. The predicted octanol–water partition coefficient (Wildman–Crippen LogP) is 2.56. The molecule has 1 aromatic heterocycles. The Hall–Kier alpha value is -2.96. The van der Waals surface area contributed by atoms with Crippen molar-refractivity contribution in [2.45, 2.75) is 32.3 Å². The van der Waals surface area contributed by atoms with E-state index in [1.807, 2.05) is 0 Å². The van der Waals surface area contributed by atoms with Gasteiger partial charge in [-0.15, -0.1) is 0 Å². The first-order valence-electron chi connectivity index (χ1n) is 7.89. The van der Waals surface area contributed by atoms with Gasteiger partial charge in [0, 0.05) is 16.8 Å². The van der Waals surface area contributed by atoms with E-state index >= 15 is 0 Å². The van der Waals surface area contributed by atoms with Crippen LogP contribution in [0.2, 0.25) is 0 Å². The lowest BCUT2D eigenvalue weighted by Gasteiger charge is -2.07. The summed E-state index contributed by atoms with van der Waals surface area (Å²) in [4.78, 5) is 29.4. The van der Waals surface area contributed by atoms with Crippen LogP contribution in [-0.4, -0.2) is 27.1 Å². The Morgan fingerprint density at radius 3 is 2.84 bits per heavy atom. The van der Waals surface area contributed by atoms with Crippen LogP contribution < -0.4 is 10.3 Å². The van der Waals surface area contributed by atoms with Gasteiger partial charge in [0.15, 0.2) is 11.6 Å². The largest absolute Gasteiger partial charge is 0.487 e. The summed E-state index contributed by atoms with van der Waals surface area (Å²) in [6, 6.07) is 4.86. The highest BCUT2D eigenvalue weighted by atomic mass is 19.1. The first-order valence-corrected chi connectivity index (χ1v) is 7.89. The molecule has 7 heteroatoms. The molecule has 0 aliphatic heterocycles. The maximum absolute atomic E-state index is 14.4. The number of carbonyl (C=O) groups is 1. The number of halogens is 1. The Kier molecular flexibility index (Phi) is 4.65. The van der Waals surface area contributed by atoms with Crippen LogP contribution in [0.25, 0.3) is 12.2 Å². The minimum atomic E-state index is -1.10. The number of hydrogen-bond acceptors (Lipinski definition) is 4. The molecule has 6 nitrogen and oxygen atoms in total. The van der Waals surface area contributed by atoms with Gasteiger partial charge in [-0.05, 0) is 38.0 Å². The number of aromatic nitrogens is 2. The van der Waals surface area contributed by atoms with E-state index in [9.17, 15) is 14.0 Å². The van der Waals surface area contributed by atoms with Gasteiger partial charge in [-0.3, -0.25) is 9.59 Å². The summed E-state index contributed by atoms with van der Waals surface area (Å²) >= 11 is 0. The van der Waals surface area contributed by atoms with E-state index in [2.05, 4.69) is 9.97 Å². The Bertz CT molecular complexity index is 900. The number of rotatable bonds is 6. The second kappa shape index (κ2) is 6.88. The van der Waals surface area contributed by atoms with E-state index < -0.39 is 23.8 Å². The summed E-state index contributed by atoms with van der Waals surface area (Å²) in [7, 11) is 0. The number of aromatic amines is 1. The number of nitrogens with one attached hydrogen (secondary N) is 1. The summed E-state index contributed by atoms with van der Waals surface area (Å²) in [6.45, 7) is 1.57. The Morgan fingerprint density at radius 1 is 1.44 bits per heavy atom. The molecule has 0 radical (unpaired) electrons. The summed E-state index contributed by atoms with van der Waals surface area (Å²) in [5.74, 6) is -1.14. The number of aliphatic carboxylic acids is 1. The highest BCUT2D eigenvalue weighted by Crippen LogP contribution is 2.30. The number of ether oxygens (including phenoxy) is 1. The zero-order valence-corrected chi connectivity index (χ0v) is 13.6. The van der Waals surface area contributed by atoms with Gasteiger partial charge in [-0.25, -0.2) is 9.37 Å². The van der Waals surface area contributed by atoms with Gasteiger partial charge in [0.05, 0.1) is 12.5 Å². The first kappa shape index (κ1) is 16.9. The molecular weight excluding hydrogens is 327 g/mol. The normalized spacial score (nSPS) is 14.0. The molecule has 1 heterocycles. The van der Waals surface area contributed by atoms with Crippen molar-refractivity contribution in [1.82, 2.24) is 9.97 Å². The summed E-state index contributed by atoms with van der Waals surface area (Å²) in [6.07, 6.45) is 4.53. The molecule has 1 aliphatic carbocycles. The van der Waals surface area contributed by atoms with Crippen LogP contribution in [0.1, 0.15) is 35.5 Å². The number of nitrogens with zero attached hydrogens (tertiary/aromatic N) is 1. The lowest BCUT2D eigenvalue weighted by Crippen LogP contribution is -2.20. The van der Waals surface area contributed by atoms with Crippen molar-refractivity contribution in [3.05, 3.63) is 57.0 Å². The van der Waals surface area contributed by atoms with Crippen molar-refractivity contribution in [2.75, 3.05) is 0 Å². The van der Waals surface area contributed by atoms with Crippen molar-refractivity contribution >= 4 is 18.1 Å². The van der Waals surface area contributed by atoms with Crippen molar-refractivity contribution in [3.8, 4) is 5.75 Å². The zero-order valence-electron chi connectivity index (χ0n) is 13.6. The van der Waals surface area contributed by atoms with Crippen LogP contribution in [0.15, 0.2) is 23.0 Å². The molecule has 130 valence electrons. The lowest BCUT2D eigenvalue weighted by atomic mass is 10.1. The molecule has 0 unspecified atom stereocenters. The number of H-pyrrole nitrogens is 1. The van der Waals surface area contributed by atoms with Crippen molar-refractivity contribution in [3.63, 3.8) is 0 Å². The third kappa shape index (κ3) is 4.12. The molecule has 1 aliphatic rings. The predicted molar refractivity (Wildman–Crippen MR) is 89.9 cm³/mol. The van der Waals surface area contributed by atoms with Gasteiger partial charge >= 0.3 is 5.97 Å². The Labute approximate surface area is 143 Å². The van der Waals surface area contributed by atoms with E-state index in [0.29, 0.717) is 11.3 Å².